The number of anilines is 1. The van der Waals surface area contributed by atoms with Gasteiger partial charge in [0.2, 0.25) is 0 Å². The van der Waals surface area contributed by atoms with Gasteiger partial charge in [0, 0.05) is 11.6 Å². The van der Waals surface area contributed by atoms with Crippen molar-refractivity contribution in [2.75, 3.05) is 26.0 Å². The summed E-state index contributed by atoms with van der Waals surface area (Å²) < 4.78 is 5.24. The molecule has 1 aliphatic carbocycles. The molecule has 2 aromatic carbocycles. The summed E-state index contributed by atoms with van der Waals surface area (Å²) in [6.07, 6.45) is 2.05. The van der Waals surface area contributed by atoms with Gasteiger partial charge in [0.05, 0.1) is 25.4 Å². The standard InChI is InChI=1S/C21H25N3O3/c1-24(13-15-6-5-7-17(12-15)27-2)14-20(25)23-19-9-4-3-8-18(19)21(26)22-16-10-11-16/h3-9,12,16H,10-11,13-14H2,1-2H3,(H,22,26)(H,23,25)/p+1. The van der Waals surface area contributed by atoms with Crippen LogP contribution in [0.15, 0.2) is 48.5 Å². The first-order chi connectivity index (χ1) is 13.0. The fraction of sp³-hybridized carbons (Fsp3) is 0.333. The second-order valence-corrected chi connectivity index (χ2v) is 7.00. The van der Waals surface area contributed by atoms with Crippen molar-refractivity contribution >= 4 is 17.5 Å². The van der Waals surface area contributed by atoms with Gasteiger partial charge in [0.1, 0.15) is 12.3 Å². The van der Waals surface area contributed by atoms with E-state index in [1.807, 2.05) is 37.4 Å². The Morgan fingerprint density at radius 2 is 1.93 bits per heavy atom. The van der Waals surface area contributed by atoms with Crippen LogP contribution in [0.5, 0.6) is 5.75 Å². The predicted octanol–water partition coefficient (Wildman–Crippen LogP) is 1.24. The summed E-state index contributed by atoms with van der Waals surface area (Å²) in [7, 11) is 3.60. The highest BCUT2D eigenvalue weighted by Crippen LogP contribution is 2.21. The van der Waals surface area contributed by atoms with E-state index in [4.69, 9.17) is 4.74 Å². The van der Waals surface area contributed by atoms with Gasteiger partial charge in [-0.2, -0.15) is 0 Å². The average molecular weight is 368 g/mol. The molecule has 27 heavy (non-hydrogen) atoms. The zero-order chi connectivity index (χ0) is 19.2. The van der Waals surface area contributed by atoms with Crippen LogP contribution in [0.4, 0.5) is 5.69 Å². The van der Waals surface area contributed by atoms with Gasteiger partial charge >= 0.3 is 0 Å². The third kappa shape index (κ3) is 5.56. The fourth-order valence-electron chi connectivity index (χ4n) is 2.94. The molecule has 0 aromatic heterocycles. The van der Waals surface area contributed by atoms with Gasteiger partial charge in [0.25, 0.3) is 11.8 Å². The van der Waals surface area contributed by atoms with E-state index in [1.54, 1.807) is 25.3 Å². The Morgan fingerprint density at radius 3 is 2.67 bits per heavy atom. The number of likely N-dealkylation sites (N-methyl/N-ethyl adjacent to an activating group) is 1. The molecular formula is C21H26N3O3+. The Morgan fingerprint density at radius 1 is 1.15 bits per heavy atom. The molecule has 2 aromatic rings. The summed E-state index contributed by atoms with van der Waals surface area (Å²) in [6, 6.07) is 15.2. The summed E-state index contributed by atoms with van der Waals surface area (Å²) in [5, 5.41) is 5.84. The minimum absolute atomic E-state index is 0.123. The van der Waals surface area contributed by atoms with Crippen LogP contribution >= 0.6 is 0 Å². The van der Waals surface area contributed by atoms with E-state index in [-0.39, 0.29) is 17.9 Å². The van der Waals surface area contributed by atoms with Crippen molar-refractivity contribution in [2.24, 2.45) is 0 Å². The van der Waals surface area contributed by atoms with E-state index in [1.165, 1.54) is 0 Å². The lowest BCUT2D eigenvalue weighted by molar-refractivity contribution is -0.885. The number of methoxy groups -OCH3 is 1. The quantitative estimate of drug-likeness (QED) is 0.657. The Balaban J connectivity index is 1.57. The molecule has 0 radical (unpaired) electrons. The maximum Gasteiger partial charge on any atom is 0.279 e. The molecule has 3 rings (SSSR count). The second-order valence-electron chi connectivity index (χ2n) is 7.00. The first-order valence-electron chi connectivity index (χ1n) is 9.19. The monoisotopic (exact) mass is 368 g/mol. The van der Waals surface area contributed by atoms with Gasteiger partial charge in [-0.1, -0.05) is 24.3 Å². The number of para-hydroxylation sites is 1. The summed E-state index contributed by atoms with van der Waals surface area (Å²) in [5.41, 5.74) is 2.15. The first kappa shape index (κ1) is 18.9. The Labute approximate surface area is 159 Å². The van der Waals surface area contributed by atoms with E-state index >= 15 is 0 Å². The van der Waals surface area contributed by atoms with Crippen molar-refractivity contribution in [3.05, 3.63) is 59.7 Å². The highest BCUT2D eigenvalue weighted by molar-refractivity contribution is 6.04. The first-order valence-corrected chi connectivity index (χ1v) is 9.19. The van der Waals surface area contributed by atoms with E-state index in [0.29, 0.717) is 24.3 Å². The van der Waals surface area contributed by atoms with Gasteiger partial charge < -0.3 is 20.3 Å². The van der Waals surface area contributed by atoms with E-state index in [0.717, 1.165) is 29.1 Å². The molecule has 0 bridgehead atoms. The van der Waals surface area contributed by atoms with Crippen LogP contribution in [-0.4, -0.2) is 38.6 Å². The molecule has 3 N–H and O–H groups in total. The predicted molar refractivity (Wildman–Crippen MR) is 104 cm³/mol. The van der Waals surface area contributed by atoms with Crippen LogP contribution in [0.25, 0.3) is 0 Å². The molecule has 1 unspecified atom stereocenters. The molecule has 0 spiro atoms. The van der Waals surface area contributed by atoms with Crippen LogP contribution in [0.3, 0.4) is 0 Å². The highest BCUT2D eigenvalue weighted by Gasteiger charge is 2.25. The Kier molecular flexibility index (Phi) is 6.08. The maximum atomic E-state index is 12.5. The minimum Gasteiger partial charge on any atom is -0.497 e. The third-order valence-corrected chi connectivity index (χ3v) is 4.46. The van der Waals surface area contributed by atoms with Crippen molar-refractivity contribution in [3.8, 4) is 5.75 Å². The largest absolute Gasteiger partial charge is 0.497 e. The zero-order valence-corrected chi connectivity index (χ0v) is 15.7. The summed E-state index contributed by atoms with van der Waals surface area (Å²) in [4.78, 5) is 25.8. The van der Waals surface area contributed by atoms with Crippen LogP contribution < -0.4 is 20.3 Å². The molecule has 142 valence electrons. The van der Waals surface area contributed by atoms with Gasteiger partial charge in [-0.05, 0) is 37.1 Å². The molecule has 6 heteroatoms. The van der Waals surface area contributed by atoms with Crippen molar-refractivity contribution in [1.82, 2.24) is 5.32 Å². The van der Waals surface area contributed by atoms with Gasteiger partial charge in [0.15, 0.2) is 6.54 Å². The lowest BCUT2D eigenvalue weighted by atomic mass is 10.1. The smallest absolute Gasteiger partial charge is 0.279 e. The number of ether oxygens (including phenoxy) is 1. The van der Waals surface area contributed by atoms with Crippen LogP contribution in [0.1, 0.15) is 28.8 Å². The number of quaternary nitrogens is 1. The van der Waals surface area contributed by atoms with Crippen molar-refractivity contribution in [2.45, 2.75) is 25.4 Å². The summed E-state index contributed by atoms with van der Waals surface area (Å²) in [6.45, 7) is 1.00. The molecule has 1 atom stereocenters. The average Bonchev–Trinajstić information content (AvgIpc) is 3.46. The Bertz CT molecular complexity index is 818. The number of hydrogen-bond acceptors (Lipinski definition) is 3. The Hall–Kier alpha value is -2.86. The minimum atomic E-state index is -0.134. The van der Waals surface area contributed by atoms with Crippen molar-refractivity contribution in [1.29, 1.82) is 0 Å². The van der Waals surface area contributed by atoms with Gasteiger partial charge in [-0.3, -0.25) is 9.59 Å². The molecule has 0 aliphatic heterocycles. The van der Waals surface area contributed by atoms with Crippen molar-refractivity contribution < 1.29 is 19.2 Å². The van der Waals surface area contributed by atoms with E-state index in [9.17, 15) is 9.59 Å². The normalized spacial score (nSPS) is 14.3. The van der Waals surface area contributed by atoms with Crippen LogP contribution in [0.2, 0.25) is 0 Å². The fourth-order valence-corrected chi connectivity index (χ4v) is 2.94. The lowest BCUT2D eigenvalue weighted by Crippen LogP contribution is -3.08. The molecule has 1 fully saturated rings. The van der Waals surface area contributed by atoms with Gasteiger partial charge in [-0.15, -0.1) is 0 Å². The summed E-state index contributed by atoms with van der Waals surface area (Å²) >= 11 is 0. The topological polar surface area (TPSA) is 71.9 Å². The van der Waals surface area contributed by atoms with E-state index < -0.39 is 0 Å². The highest BCUT2D eigenvalue weighted by atomic mass is 16.5. The molecule has 1 saturated carbocycles. The second kappa shape index (κ2) is 8.68. The van der Waals surface area contributed by atoms with Gasteiger partial charge in [-0.25, -0.2) is 0 Å². The van der Waals surface area contributed by atoms with E-state index in [2.05, 4.69) is 10.6 Å². The number of rotatable bonds is 8. The molecular weight excluding hydrogens is 342 g/mol. The molecule has 6 nitrogen and oxygen atoms in total. The SMILES string of the molecule is COc1cccc(C[NH+](C)CC(=O)Nc2ccccc2C(=O)NC2CC2)c1. The summed E-state index contributed by atoms with van der Waals surface area (Å²) in [5.74, 6) is 0.549. The number of nitrogens with one attached hydrogen (secondary N) is 3. The molecule has 2 amide bonds. The number of hydrogen-bond donors (Lipinski definition) is 3. The number of benzene rings is 2. The zero-order valence-electron chi connectivity index (χ0n) is 15.7. The lowest BCUT2D eigenvalue weighted by Gasteiger charge is -2.15. The van der Waals surface area contributed by atoms with Crippen LogP contribution in [-0.2, 0) is 11.3 Å². The van der Waals surface area contributed by atoms with Crippen molar-refractivity contribution in [3.63, 3.8) is 0 Å². The third-order valence-electron chi connectivity index (χ3n) is 4.46. The number of carbonyl (C=O) groups is 2. The number of amides is 2. The maximum absolute atomic E-state index is 12.5. The van der Waals surface area contributed by atoms with Crippen LogP contribution in [0, 0.1) is 0 Å². The molecule has 0 saturated heterocycles. The molecule has 0 heterocycles. The number of carbonyl (C=O) groups excluding carboxylic acids is 2. The molecule has 1 aliphatic rings.